The number of furan rings is 1. The van der Waals surface area contributed by atoms with Crippen LogP contribution >= 0.6 is 0 Å². The summed E-state index contributed by atoms with van der Waals surface area (Å²) in [6.45, 7) is 1.83. The van der Waals surface area contributed by atoms with Gasteiger partial charge in [0.1, 0.15) is 11.5 Å². The molecule has 0 radical (unpaired) electrons. The molecule has 116 valence electrons. The monoisotopic (exact) mass is 295 g/mol. The molecule has 0 aliphatic heterocycles. The average Bonchev–Trinajstić information content (AvgIpc) is 2.88. The third-order valence-corrected chi connectivity index (χ3v) is 2.82. The summed E-state index contributed by atoms with van der Waals surface area (Å²) in [5.41, 5.74) is 4.02. The Kier molecular flexibility index (Phi) is 7.81. The van der Waals surface area contributed by atoms with Crippen LogP contribution in [0.15, 0.2) is 21.7 Å². The van der Waals surface area contributed by atoms with Crippen LogP contribution in [0.4, 0.5) is 0 Å². The highest BCUT2D eigenvalue weighted by atomic mass is 16.5. The quantitative estimate of drug-likeness (QED) is 0.280. The molecular formula is C14H21N3O4. The van der Waals surface area contributed by atoms with Crippen molar-refractivity contribution in [1.82, 2.24) is 10.9 Å². The van der Waals surface area contributed by atoms with Gasteiger partial charge in [0.05, 0.1) is 6.21 Å². The molecule has 7 nitrogen and oxygen atoms in total. The molecule has 2 amide bonds. The Hall–Kier alpha value is -2.15. The Balaban J connectivity index is 2.04. The molecule has 0 atom stereocenters. The number of hydroxylamine groups is 1. The van der Waals surface area contributed by atoms with Crippen LogP contribution in [0.25, 0.3) is 0 Å². The van der Waals surface area contributed by atoms with E-state index in [0.717, 1.165) is 25.0 Å². The zero-order chi connectivity index (χ0) is 15.5. The Morgan fingerprint density at radius 1 is 1.19 bits per heavy atom. The zero-order valence-corrected chi connectivity index (χ0v) is 12.1. The number of carbonyl (C=O) groups excluding carboxylic acids is 2. The topological polar surface area (TPSA) is 104 Å². The van der Waals surface area contributed by atoms with Crippen molar-refractivity contribution < 1.29 is 19.2 Å². The predicted octanol–water partition coefficient (Wildman–Crippen LogP) is 1.88. The van der Waals surface area contributed by atoms with Gasteiger partial charge in [-0.15, -0.1) is 0 Å². The van der Waals surface area contributed by atoms with Crippen molar-refractivity contribution in [3.05, 3.63) is 23.7 Å². The average molecular weight is 295 g/mol. The van der Waals surface area contributed by atoms with Gasteiger partial charge in [-0.05, 0) is 31.9 Å². The number of hydrazone groups is 1. The smallest absolute Gasteiger partial charge is 0.243 e. The SMILES string of the molecule is Cc1ccc(/C=N/NC(=O)CCCCCCC(=O)NO)o1. The van der Waals surface area contributed by atoms with Crippen molar-refractivity contribution in [1.29, 1.82) is 0 Å². The molecule has 0 saturated carbocycles. The van der Waals surface area contributed by atoms with E-state index < -0.39 is 0 Å². The molecule has 0 saturated heterocycles. The molecule has 0 aliphatic carbocycles. The van der Waals surface area contributed by atoms with Crippen molar-refractivity contribution in [3.63, 3.8) is 0 Å². The second-order valence-corrected chi connectivity index (χ2v) is 4.69. The fraction of sp³-hybridized carbons (Fsp3) is 0.500. The number of nitrogens with one attached hydrogen (secondary N) is 2. The van der Waals surface area contributed by atoms with E-state index in [4.69, 9.17) is 9.62 Å². The lowest BCUT2D eigenvalue weighted by molar-refractivity contribution is -0.129. The van der Waals surface area contributed by atoms with Crippen molar-refractivity contribution in [3.8, 4) is 0 Å². The first-order valence-corrected chi connectivity index (χ1v) is 6.93. The minimum atomic E-state index is -0.379. The molecule has 0 aromatic carbocycles. The summed E-state index contributed by atoms with van der Waals surface area (Å²) in [5.74, 6) is 0.852. The Morgan fingerprint density at radius 3 is 2.43 bits per heavy atom. The number of hydrogen-bond donors (Lipinski definition) is 3. The largest absolute Gasteiger partial charge is 0.460 e. The van der Waals surface area contributed by atoms with Crippen LogP contribution in [-0.4, -0.2) is 23.2 Å². The number of hydrogen-bond acceptors (Lipinski definition) is 5. The van der Waals surface area contributed by atoms with Crippen LogP contribution in [-0.2, 0) is 9.59 Å². The number of rotatable bonds is 9. The third kappa shape index (κ3) is 7.88. The second-order valence-electron chi connectivity index (χ2n) is 4.69. The summed E-state index contributed by atoms with van der Waals surface area (Å²) in [4.78, 5) is 22.2. The Labute approximate surface area is 123 Å². The van der Waals surface area contributed by atoms with Gasteiger partial charge >= 0.3 is 0 Å². The van der Waals surface area contributed by atoms with E-state index in [0.29, 0.717) is 25.0 Å². The van der Waals surface area contributed by atoms with Gasteiger partial charge in [-0.25, -0.2) is 10.9 Å². The van der Waals surface area contributed by atoms with Crippen molar-refractivity contribution in [2.45, 2.75) is 45.4 Å². The van der Waals surface area contributed by atoms with Crippen LogP contribution in [0.1, 0.15) is 50.0 Å². The summed E-state index contributed by atoms with van der Waals surface area (Å²) in [6, 6.07) is 3.59. The molecule has 0 fully saturated rings. The maximum Gasteiger partial charge on any atom is 0.243 e. The predicted molar refractivity (Wildman–Crippen MR) is 76.8 cm³/mol. The highest BCUT2D eigenvalue weighted by molar-refractivity contribution is 5.80. The van der Waals surface area contributed by atoms with E-state index in [1.54, 1.807) is 11.5 Å². The molecule has 0 aliphatic rings. The molecule has 0 unspecified atom stereocenters. The van der Waals surface area contributed by atoms with E-state index in [1.165, 1.54) is 6.21 Å². The van der Waals surface area contributed by atoms with Gasteiger partial charge in [0.15, 0.2) is 0 Å². The van der Waals surface area contributed by atoms with Gasteiger partial charge < -0.3 is 4.42 Å². The van der Waals surface area contributed by atoms with Gasteiger partial charge in [0, 0.05) is 12.8 Å². The van der Waals surface area contributed by atoms with Crippen LogP contribution in [0.3, 0.4) is 0 Å². The van der Waals surface area contributed by atoms with E-state index in [9.17, 15) is 9.59 Å². The summed E-state index contributed by atoms with van der Waals surface area (Å²) in [7, 11) is 0. The fourth-order valence-corrected chi connectivity index (χ4v) is 1.73. The summed E-state index contributed by atoms with van der Waals surface area (Å²) < 4.78 is 5.27. The molecular weight excluding hydrogens is 274 g/mol. The van der Waals surface area contributed by atoms with Gasteiger partial charge in [0.25, 0.3) is 0 Å². The van der Waals surface area contributed by atoms with E-state index in [-0.39, 0.29) is 11.8 Å². The van der Waals surface area contributed by atoms with Crippen LogP contribution in [0, 0.1) is 6.92 Å². The van der Waals surface area contributed by atoms with Crippen molar-refractivity contribution in [2.75, 3.05) is 0 Å². The zero-order valence-electron chi connectivity index (χ0n) is 12.1. The maximum atomic E-state index is 11.5. The molecule has 1 rings (SSSR count). The normalized spacial score (nSPS) is 10.8. The first-order valence-electron chi connectivity index (χ1n) is 6.93. The summed E-state index contributed by atoms with van der Waals surface area (Å²) in [6.07, 6.45) is 5.28. The van der Waals surface area contributed by atoms with Gasteiger partial charge in [0.2, 0.25) is 11.8 Å². The molecule has 7 heteroatoms. The number of carbonyl (C=O) groups is 2. The Morgan fingerprint density at radius 2 is 1.86 bits per heavy atom. The lowest BCUT2D eigenvalue weighted by Gasteiger charge is -2.01. The lowest BCUT2D eigenvalue weighted by atomic mass is 10.1. The third-order valence-electron chi connectivity index (χ3n) is 2.82. The van der Waals surface area contributed by atoms with Gasteiger partial charge in [-0.2, -0.15) is 5.10 Å². The minimum absolute atomic E-state index is 0.150. The second kappa shape index (κ2) is 9.71. The maximum absolute atomic E-state index is 11.5. The fourth-order valence-electron chi connectivity index (χ4n) is 1.73. The Bertz CT molecular complexity index is 482. The number of aryl methyl sites for hydroxylation is 1. The van der Waals surface area contributed by atoms with Gasteiger partial charge in [-0.3, -0.25) is 14.8 Å². The van der Waals surface area contributed by atoms with Crippen LogP contribution in [0.5, 0.6) is 0 Å². The molecule has 3 N–H and O–H groups in total. The molecule has 1 heterocycles. The molecule has 1 aromatic rings. The summed E-state index contributed by atoms with van der Waals surface area (Å²) >= 11 is 0. The highest BCUT2D eigenvalue weighted by Gasteiger charge is 2.01. The standard InChI is InChI=1S/C14H21N3O4/c1-11-8-9-12(21-11)10-15-16-13(18)6-4-2-3-5-7-14(19)17-20/h8-10,20H,2-7H2,1H3,(H,16,18)(H,17,19)/b15-10+. The van der Waals surface area contributed by atoms with Crippen molar-refractivity contribution in [2.24, 2.45) is 5.10 Å². The first kappa shape index (κ1) is 16.9. The van der Waals surface area contributed by atoms with Crippen LogP contribution in [0.2, 0.25) is 0 Å². The van der Waals surface area contributed by atoms with E-state index in [1.807, 2.05) is 13.0 Å². The number of nitrogens with zero attached hydrogens (tertiary/aromatic N) is 1. The van der Waals surface area contributed by atoms with Crippen LogP contribution < -0.4 is 10.9 Å². The molecule has 1 aromatic heterocycles. The lowest BCUT2D eigenvalue weighted by Crippen LogP contribution is -2.18. The number of amides is 2. The first-order chi connectivity index (χ1) is 10.1. The van der Waals surface area contributed by atoms with E-state index >= 15 is 0 Å². The molecule has 0 spiro atoms. The minimum Gasteiger partial charge on any atom is -0.460 e. The highest BCUT2D eigenvalue weighted by Crippen LogP contribution is 2.05. The molecule has 0 bridgehead atoms. The molecule has 21 heavy (non-hydrogen) atoms. The summed E-state index contributed by atoms with van der Waals surface area (Å²) in [5, 5.41) is 12.1. The number of unbranched alkanes of at least 4 members (excludes halogenated alkanes) is 3. The van der Waals surface area contributed by atoms with Crippen molar-refractivity contribution >= 4 is 18.0 Å². The van der Waals surface area contributed by atoms with Gasteiger partial charge in [-0.1, -0.05) is 12.8 Å². The van der Waals surface area contributed by atoms with E-state index in [2.05, 4.69) is 10.5 Å².